The minimum absolute atomic E-state index is 0. The number of morpholine rings is 1. The zero-order valence-electron chi connectivity index (χ0n) is 15.4. The Morgan fingerprint density at radius 1 is 1.08 bits per heavy atom. The average Bonchev–Trinajstić information content (AvgIpc) is 2.91. The third-order valence-corrected chi connectivity index (χ3v) is 6.37. The van der Waals surface area contributed by atoms with Crippen LogP contribution in [0.2, 0.25) is 0 Å². The number of benzene rings is 1. The van der Waals surface area contributed by atoms with Crippen LogP contribution in [0.4, 0.5) is 0 Å². The minimum atomic E-state index is -0.352. The number of esters is 1. The average molecular weight is 380 g/mol. The molecule has 2 aliphatic carbocycles. The van der Waals surface area contributed by atoms with Crippen LogP contribution in [0, 0.1) is 16.7 Å². The van der Waals surface area contributed by atoms with Crippen LogP contribution in [0.25, 0.3) is 0 Å². The summed E-state index contributed by atoms with van der Waals surface area (Å²) in [6.07, 6.45) is 1.81. The van der Waals surface area contributed by atoms with Crippen molar-refractivity contribution in [3.8, 4) is 0 Å². The lowest BCUT2D eigenvalue weighted by Crippen LogP contribution is -2.38. The second-order valence-corrected chi connectivity index (χ2v) is 7.87. The van der Waals surface area contributed by atoms with E-state index in [1.807, 2.05) is 51.1 Å². The van der Waals surface area contributed by atoms with E-state index >= 15 is 0 Å². The number of ether oxygens (including phenoxy) is 1. The number of hydrogen-bond donors (Lipinski definition) is 1. The summed E-state index contributed by atoms with van der Waals surface area (Å²) >= 11 is 0. The fraction of sp³-hybridized carbons (Fsp3) is 0.550. The summed E-state index contributed by atoms with van der Waals surface area (Å²) in [5.74, 6) is -0.403. The maximum absolute atomic E-state index is 11.6. The van der Waals surface area contributed by atoms with E-state index in [0.717, 1.165) is 18.4 Å². The SMILES string of the molecule is CC12CCC(C(=O)C1=O)C2(C)C.Cl.O=C1CNC(c2ccccc2)CO1. The predicted octanol–water partition coefficient (Wildman–Crippen LogP) is 2.88. The Kier molecular flexibility index (Phi) is 5.93. The number of fused-ring (bicyclic) bond motifs is 2. The summed E-state index contributed by atoms with van der Waals surface area (Å²) in [6.45, 7) is 6.78. The molecule has 1 aliphatic heterocycles. The van der Waals surface area contributed by atoms with E-state index in [-0.39, 0.29) is 52.7 Å². The van der Waals surface area contributed by atoms with Crippen molar-refractivity contribution in [1.29, 1.82) is 0 Å². The Bertz CT molecular complexity index is 693. The molecule has 3 aliphatic rings. The number of cyclic esters (lactones) is 1. The number of ketones is 2. The van der Waals surface area contributed by atoms with Crippen LogP contribution >= 0.6 is 12.4 Å². The van der Waals surface area contributed by atoms with Crippen molar-refractivity contribution in [1.82, 2.24) is 5.32 Å². The number of hydrogen-bond acceptors (Lipinski definition) is 5. The lowest BCUT2D eigenvalue weighted by molar-refractivity contribution is -0.147. The number of carbonyl (C=O) groups is 3. The van der Waals surface area contributed by atoms with Gasteiger partial charge in [-0.15, -0.1) is 12.4 Å². The number of rotatable bonds is 1. The Morgan fingerprint density at radius 2 is 1.73 bits per heavy atom. The highest BCUT2D eigenvalue weighted by molar-refractivity contribution is 6.43. The molecule has 1 saturated heterocycles. The molecule has 1 N–H and O–H groups in total. The molecule has 142 valence electrons. The molecule has 0 aromatic heterocycles. The van der Waals surface area contributed by atoms with Gasteiger partial charge in [-0.1, -0.05) is 51.1 Å². The van der Waals surface area contributed by atoms with Gasteiger partial charge < -0.3 is 4.74 Å². The Labute approximate surface area is 160 Å². The van der Waals surface area contributed by atoms with Crippen LogP contribution in [0.15, 0.2) is 30.3 Å². The third-order valence-electron chi connectivity index (χ3n) is 6.37. The molecule has 6 heteroatoms. The van der Waals surface area contributed by atoms with E-state index in [9.17, 15) is 14.4 Å². The zero-order chi connectivity index (χ0) is 18.2. The molecule has 3 unspecified atom stereocenters. The topological polar surface area (TPSA) is 72.5 Å². The van der Waals surface area contributed by atoms with Crippen molar-refractivity contribution in [2.45, 2.75) is 39.7 Å². The lowest BCUT2D eigenvalue weighted by atomic mass is 9.70. The van der Waals surface area contributed by atoms with Gasteiger partial charge in [-0.05, 0) is 23.8 Å². The molecule has 1 aromatic rings. The van der Waals surface area contributed by atoms with Crippen LogP contribution in [0.3, 0.4) is 0 Å². The minimum Gasteiger partial charge on any atom is -0.463 e. The molecule has 0 spiro atoms. The van der Waals surface area contributed by atoms with E-state index in [4.69, 9.17) is 4.74 Å². The van der Waals surface area contributed by atoms with Crippen molar-refractivity contribution in [2.24, 2.45) is 16.7 Å². The smallest absolute Gasteiger partial charge is 0.320 e. The van der Waals surface area contributed by atoms with E-state index in [2.05, 4.69) is 5.32 Å². The normalized spacial score (nSPS) is 31.6. The number of halogens is 1. The first-order chi connectivity index (χ1) is 11.8. The highest BCUT2D eigenvalue weighted by atomic mass is 35.5. The van der Waals surface area contributed by atoms with E-state index in [1.54, 1.807) is 0 Å². The number of carbonyl (C=O) groups excluding carboxylic acids is 3. The Balaban J connectivity index is 0.000000180. The molecule has 4 rings (SSSR count). The molecule has 2 bridgehead atoms. The second kappa shape index (κ2) is 7.49. The van der Waals surface area contributed by atoms with Gasteiger partial charge in [0.2, 0.25) is 11.6 Å². The van der Waals surface area contributed by atoms with E-state index in [1.165, 1.54) is 0 Å². The summed E-state index contributed by atoms with van der Waals surface area (Å²) in [7, 11) is 0. The summed E-state index contributed by atoms with van der Waals surface area (Å²) < 4.78 is 4.94. The van der Waals surface area contributed by atoms with E-state index in [0.29, 0.717) is 13.2 Å². The fourth-order valence-corrected chi connectivity index (χ4v) is 4.19. The van der Waals surface area contributed by atoms with Crippen LogP contribution in [-0.4, -0.2) is 30.7 Å². The second-order valence-electron chi connectivity index (χ2n) is 7.87. The van der Waals surface area contributed by atoms with Gasteiger partial charge in [0.15, 0.2) is 0 Å². The molecule has 3 fully saturated rings. The molecule has 1 heterocycles. The Morgan fingerprint density at radius 3 is 2.15 bits per heavy atom. The fourth-order valence-electron chi connectivity index (χ4n) is 4.19. The van der Waals surface area contributed by atoms with Crippen LogP contribution in [0.1, 0.15) is 45.2 Å². The molecule has 0 radical (unpaired) electrons. The number of Topliss-reactive ketones (excluding diaryl/α,β-unsaturated/α-hetero) is 2. The van der Waals surface area contributed by atoms with Gasteiger partial charge in [0.1, 0.15) is 6.61 Å². The lowest BCUT2D eigenvalue weighted by Gasteiger charge is -2.31. The number of nitrogens with one attached hydrogen (secondary N) is 1. The molecule has 1 aromatic carbocycles. The van der Waals surface area contributed by atoms with Gasteiger partial charge in [0, 0.05) is 11.3 Å². The quantitative estimate of drug-likeness (QED) is 0.600. The third kappa shape index (κ3) is 3.30. The summed E-state index contributed by atoms with van der Waals surface area (Å²) in [4.78, 5) is 33.7. The van der Waals surface area contributed by atoms with Crippen molar-refractivity contribution >= 4 is 29.9 Å². The van der Waals surface area contributed by atoms with Crippen molar-refractivity contribution in [3.05, 3.63) is 35.9 Å². The molecular formula is C20H26ClNO4. The van der Waals surface area contributed by atoms with Gasteiger partial charge in [0.25, 0.3) is 0 Å². The van der Waals surface area contributed by atoms with Crippen molar-refractivity contribution in [3.63, 3.8) is 0 Å². The molecule has 26 heavy (non-hydrogen) atoms. The largest absolute Gasteiger partial charge is 0.463 e. The monoisotopic (exact) mass is 379 g/mol. The first-order valence-electron chi connectivity index (χ1n) is 8.80. The summed E-state index contributed by atoms with van der Waals surface area (Å²) in [5.41, 5.74) is 0.714. The molecular weight excluding hydrogens is 354 g/mol. The van der Waals surface area contributed by atoms with Crippen LogP contribution in [-0.2, 0) is 19.1 Å². The maximum Gasteiger partial charge on any atom is 0.320 e. The van der Waals surface area contributed by atoms with Crippen LogP contribution < -0.4 is 5.32 Å². The van der Waals surface area contributed by atoms with Gasteiger partial charge in [-0.2, -0.15) is 0 Å². The predicted molar refractivity (Wildman–Crippen MR) is 100 cm³/mol. The standard InChI is InChI=1S/C10H11NO2.C10H14O2.ClH/c12-10-6-11-9(7-13-10)8-4-2-1-3-5-8;1-9(2)6-4-5-10(9,3)8(12)7(6)11;/h1-5,9,11H,6-7H2;6H,4-5H2,1-3H3;1H. The summed E-state index contributed by atoms with van der Waals surface area (Å²) in [5, 5.41) is 3.11. The Hall–Kier alpha value is -1.72. The van der Waals surface area contributed by atoms with Crippen molar-refractivity contribution < 1.29 is 19.1 Å². The van der Waals surface area contributed by atoms with Gasteiger partial charge >= 0.3 is 5.97 Å². The highest BCUT2D eigenvalue weighted by Crippen LogP contribution is 2.61. The van der Waals surface area contributed by atoms with Crippen LogP contribution in [0.5, 0.6) is 0 Å². The van der Waals surface area contributed by atoms with Gasteiger partial charge in [-0.25, -0.2) is 0 Å². The van der Waals surface area contributed by atoms with Gasteiger partial charge in [0.05, 0.1) is 12.6 Å². The highest BCUT2D eigenvalue weighted by Gasteiger charge is 2.66. The van der Waals surface area contributed by atoms with Crippen molar-refractivity contribution in [2.75, 3.05) is 13.2 Å². The zero-order valence-corrected chi connectivity index (χ0v) is 16.2. The first kappa shape index (κ1) is 20.6. The first-order valence-corrected chi connectivity index (χ1v) is 8.80. The summed E-state index contributed by atoms with van der Waals surface area (Å²) in [6, 6.07) is 10.1. The molecule has 5 nitrogen and oxygen atoms in total. The molecule has 2 saturated carbocycles. The maximum atomic E-state index is 11.6. The van der Waals surface area contributed by atoms with E-state index < -0.39 is 0 Å². The molecule has 0 amide bonds. The molecule has 3 atom stereocenters. The van der Waals surface area contributed by atoms with Gasteiger partial charge in [-0.3, -0.25) is 19.7 Å².